The first-order valence-electron chi connectivity index (χ1n) is 11.2. The molecule has 3 fully saturated rings. The number of pyridine rings is 2. The average Bonchev–Trinajstić information content (AvgIpc) is 2.84. The average molecular weight is 487 g/mol. The summed E-state index contributed by atoms with van der Waals surface area (Å²) in [5.74, 6) is -0.464. The SMILES string of the molecule is Cc1ccc(-c2ncc(F)cn2)c(C(=O)N2C[C@H]3CC[C@H]2[C@H](Oc2ccc(C(F)(F)F)cn2)C3)n1. The largest absolute Gasteiger partial charge is 0.472 e. The van der Waals surface area contributed by atoms with Crippen LogP contribution in [-0.2, 0) is 6.18 Å². The van der Waals surface area contributed by atoms with Gasteiger partial charge in [-0.05, 0) is 50.3 Å². The third kappa shape index (κ3) is 4.67. The van der Waals surface area contributed by atoms with Crippen molar-refractivity contribution in [2.24, 2.45) is 5.92 Å². The Balaban J connectivity index is 1.40. The summed E-state index contributed by atoms with van der Waals surface area (Å²) in [6, 6.07) is 5.25. The second-order valence-corrected chi connectivity index (χ2v) is 8.82. The van der Waals surface area contributed by atoms with Gasteiger partial charge in [0.15, 0.2) is 11.6 Å². The van der Waals surface area contributed by atoms with Gasteiger partial charge in [0.1, 0.15) is 11.8 Å². The topological polar surface area (TPSA) is 81.1 Å². The second kappa shape index (κ2) is 8.86. The van der Waals surface area contributed by atoms with Crippen molar-refractivity contribution in [1.29, 1.82) is 0 Å². The highest BCUT2D eigenvalue weighted by Crippen LogP contribution is 2.38. The molecule has 0 radical (unpaired) electrons. The van der Waals surface area contributed by atoms with Crippen LogP contribution in [0.2, 0.25) is 0 Å². The molecular formula is C24H21F4N5O2. The molecule has 3 atom stereocenters. The van der Waals surface area contributed by atoms with Crippen LogP contribution in [0.25, 0.3) is 11.4 Å². The Bertz CT molecular complexity index is 1230. The zero-order valence-electron chi connectivity index (χ0n) is 18.7. The summed E-state index contributed by atoms with van der Waals surface area (Å²) in [4.78, 5) is 31.7. The third-order valence-corrected chi connectivity index (χ3v) is 6.42. The first-order valence-corrected chi connectivity index (χ1v) is 11.2. The van der Waals surface area contributed by atoms with Gasteiger partial charge in [0.05, 0.1) is 29.6 Å². The first-order chi connectivity index (χ1) is 16.7. The van der Waals surface area contributed by atoms with Crippen LogP contribution in [0, 0.1) is 18.7 Å². The minimum Gasteiger partial charge on any atom is -0.472 e. The quantitative estimate of drug-likeness (QED) is 0.505. The molecule has 2 saturated heterocycles. The highest BCUT2D eigenvalue weighted by atomic mass is 19.4. The van der Waals surface area contributed by atoms with E-state index < -0.39 is 23.7 Å². The van der Waals surface area contributed by atoms with Crippen LogP contribution in [0.15, 0.2) is 42.9 Å². The Hall–Kier alpha value is -3.63. The molecule has 6 rings (SSSR count). The minimum absolute atomic E-state index is 0.0806. The standard InChI is InChI=1S/C24H21F4N5O2/c1-13-2-5-17(22-30-10-16(25)11-31-22)21(32-13)23(34)33-12-14-3-6-18(33)19(8-14)35-20-7-4-15(9-29-20)24(26,27)28/h2,4-5,7,9-11,14,18-19H,3,6,8,12H2,1H3/t14-,18-,19+/m0/s1. The molecule has 1 saturated carbocycles. The zero-order chi connectivity index (χ0) is 24.7. The molecule has 0 aromatic carbocycles. The zero-order valence-corrected chi connectivity index (χ0v) is 18.7. The van der Waals surface area contributed by atoms with Gasteiger partial charge in [-0.1, -0.05) is 0 Å². The van der Waals surface area contributed by atoms with Gasteiger partial charge >= 0.3 is 6.18 Å². The van der Waals surface area contributed by atoms with Crippen molar-refractivity contribution in [2.45, 2.75) is 44.5 Å². The summed E-state index contributed by atoms with van der Waals surface area (Å²) in [6.45, 7) is 2.28. The molecule has 182 valence electrons. The minimum atomic E-state index is -4.48. The van der Waals surface area contributed by atoms with Crippen LogP contribution >= 0.6 is 0 Å². The number of fused-ring (bicyclic) bond motifs is 3. The maximum absolute atomic E-state index is 13.7. The predicted octanol–water partition coefficient (Wildman–Crippen LogP) is 4.47. The number of halogens is 4. The first kappa shape index (κ1) is 23.1. The van der Waals surface area contributed by atoms with E-state index in [1.807, 2.05) is 0 Å². The van der Waals surface area contributed by atoms with E-state index in [1.165, 1.54) is 6.07 Å². The van der Waals surface area contributed by atoms with Gasteiger partial charge in [-0.3, -0.25) is 4.79 Å². The van der Waals surface area contributed by atoms with Gasteiger partial charge in [-0.25, -0.2) is 24.3 Å². The molecule has 1 aliphatic carbocycles. The van der Waals surface area contributed by atoms with Gasteiger partial charge < -0.3 is 9.64 Å². The number of amides is 1. The fourth-order valence-corrected chi connectivity index (χ4v) is 4.75. The molecular weight excluding hydrogens is 466 g/mol. The number of hydrogen-bond acceptors (Lipinski definition) is 6. The lowest BCUT2D eigenvalue weighted by Gasteiger charge is -2.49. The van der Waals surface area contributed by atoms with Crippen molar-refractivity contribution in [3.8, 4) is 17.3 Å². The van der Waals surface area contributed by atoms with E-state index in [4.69, 9.17) is 4.74 Å². The summed E-state index contributed by atoms with van der Waals surface area (Å²) in [5.41, 5.74) is 0.329. The lowest BCUT2D eigenvalue weighted by molar-refractivity contribution is -0.137. The highest BCUT2D eigenvalue weighted by molar-refractivity contribution is 5.98. The Kier molecular flexibility index (Phi) is 5.86. The number of aromatic nitrogens is 4. The molecule has 3 aromatic heterocycles. The van der Waals surface area contributed by atoms with Crippen molar-refractivity contribution in [2.75, 3.05) is 6.54 Å². The number of carbonyl (C=O) groups is 1. The van der Waals surface area contributed by atoms with E-state index in [9.17, 15) is 22.4 Å². The molecule has 1 amide bonds. The Morgan fingerprint density at radius 2 is 1.83 bits per heavy atom. The monoisotopic (exact) mass is 487 g/mol. The second-order valence-electron chi connectivity index (χ2n) is 8.82. The molecule has 3 aliphatic rings. The number of nitrogens with zero attached hydrogens (tertiary/aromatic N) is 5. The fraction of sp³-hybridized carbons (Fsp3) is 0.375. The predicted molar refractivity (Wildman–Crippen MR) is 116 cm³/mol. The number of ether oxygens (including phenoxy) is 1. The van der Waals surface area contributed by atoms with Gasteiger partial charge in [-0.15, -0.1) is 0 Å². The normalized spacial score (nSPS) is 21.7. The number of rotatable bonds is 4. The van der Waals surface area contributed by atoms with Crippen LogP contribution in [0.1, 0.15) is 41.0 Å². The van der Waals surface area contributed by atoms with E-state index in [-0.39, 0.29) is 35.3 Å². The van der Waals surface area contributed by atoms with E-state index >= 15 is 0 Å². The van der Waals surface area contributed by atoms with Crippen molar-refractivity contribution in [3.05, 3.63) is 65.6 Å². The molecule has 2 bridgehead atoms. The number of aryl methyl sites for hydroxylation is 1. The summed E-state index contributed by atoms with van der Waals surface area (Å²) in [5, 5.41) is 0. The van der Waals surface area contributed by atoms with E-state index in [0.29, 0.717) is 30.6 Å². The van der Waals surface area contributed by atoms with Gasteiger partial charge in [-0.2, -0.15) is 13.2 Å². The van der Waals surface area contributed by atoms with Crippen LogP contribution in [0.3, 0.4) is 0 Å². The van der Waals surface area contributed by atoms with Crippen LogP contribution in [-0.4, -0.2) is 49.4 Å². The van der Waals surface area contributed by atoms with E-state index in [2.05, 4.69) is 19.9 Å². The molecule has 0 N–H and O–H groups in total. The maximum atomic E-state index is 13.7. The maximum Gasteiger partial charge on any atom is 0.417 e. The molecule has 3 aromatic rings. The lowest BCUT2D eigenvalue weighted by Crippen LogP contribution is -2.59. The molecule has 5 heterocycles. The molecule has 11 heteroatoms. The fourth-order valence-electron chi connectivity index (χ4n) is 4.75. The highest BCUT2D eigenvalue weighted by Gasteiger charge is 2.45. The lowest BCUT2D eigenvalue weighted by atomic mass is 9.77. The van der Waals surface area contributed by atoms with Crippen LogP contribution < -0.4 is 4.74 Å². The van der Waals surface area contributed by atoms with Gasteiger partial charge in [0.25, 0.3) is 5.91 Å². The van der Waals surface area contributed by atoms with Crippen LogP contribution in [0.5, 0.6) is 5.88 Å². The number of hydrogen-bond donors (Lipinski definition) is 0. The van der Waals surface area contributed by atoms with Crippen LogP contribution in [0.4, 0.5) is 17.6 Å². The summed E-state index contributed by atoms with van der Waals surface area (Å²) in [6.07, 6.45) is 0.189. The number of piperidine rings is 2. The summed E-state index contributed by atoms with van der Waals surface area (Å²) < 4.78 is 57.8. The number of carbonyl (C=O) groups excluding carboxylic acids is 1. The van der Waals surface area contributed by atoms with Gasteiger partial charge in [0, 0.05) is 24.5 Å². The van der Waals surface area contributed by atoms with Crippen molar-refractivity contribution in [1.82, 2.24) is 24.8 Å². The molecule has 0 spiro atoms. The van der Waals surface area contributed by atoms with E-state index in [0.717, 1.165) is 31.1 Å². The van der Waals surface area contributed by atoms with Gasteiger partial charge in [0.2, 0.25) is 5.88 Å². The van der Waals surface area contributed by atoms with Crippen molar-refractivity contribution < 1.29 is 27.1 Å². The number of alkyl halides is 3. The third-order valence-electron chi connectivity index (χ3n) is 6.42. The Morgan fingerprint density at radius 3 is 2.49 bits per heavy atom. The van der Waals surface area contributed by atoms with Crippen molar-refractivity contribution in [3.63, 3.8) is 0 Å². The molecule has 2 aliphatic heterocycles. The summed E-state index contributed by atoms with van der Waals surface area (Å²) >= 11 is 0. The molecule has 0 unspecified atom stereocenters. The smallest absolute Gasteiger partial charge is 0.417 e. The van der Waals surface area contributed by atoms with Crippen molar-refractivity contribution >= 4 is 5.91 Å². The molecule has 35 heavy (non-hydrogen) atoms. The van der Waals surface area contributed by atoms with E-state index in [1.54, 1.807) is 24.0 Å². The Morgan fingerprint density at radius 1 is 1.06 bits per heavy atom. The Labute approximate surface area is 198 Å². The molecule has 7 nitrogen and oxygen atoms in total. The summed E-state index contributed by atoms with van der Waals surface area (Å²) in [7, 11) is 0.